The maximum absolute atomic E-state index is 13.4. The Morgan fingerprint density at radius 2 is 1.40 bits per heavy atom. The minimum Gasteiger partial charge on any atom is -0.311 e. The number of halogens is 2. The highest BCUT2D eigenvalue weighted by Crippen LogP contribution is 2.32. The fourth-order valence-corrected chi connectivity index (χ4v) is 3.58. The van der Waals surface area contributed by atoms with Crippen LogP contribution in [0.3, 0.4) is 0 Å². The third-order valence-electron chi connectivity index (χ3n) is 5.16. The predicted octanol–water partition coefficient (Wildman–Crippen LogP) is 4.37. The van der Waals surface area contributed by atoms with Gasteiger partial charge in [0.05, 0.1) is 6.04 Å². The highest BCUT2D eigenvalue weighted by Gasteiger charge is 2.33. The van der Waals surface area contributed by atoms with Crippen LogP contribution in [0.5, 0.6) is 0 Å². The van der Waals surface area contributed by atoms with Crippen LogP contribution >= 0.6 is 0 Å². The highest BCUT2D eigenvalue weighted by atomic mass is 19.1. The molecule has 0 bridgehead atoms. The van der Waals surface area contributed by atoms with Crippen LogP contribution in [0.4, 0.5) is 8.78 Å². The first-order valence-electron chi connectivity index (χ1n) is 8.95. The van der Waals surface area contributed by atoms with Crippen molar-refractivity contribution in [2.24, 2.45) is 5.92 Å². The van der Waals surface area contributed by atoms with Crippen molar-refractivity contribution in [3.63, 3.8) is 0 Å². The molecule has 25 heavy (non-hydrogen) atoms. The van der Waals surface area contributed by atoms with Gasteiger partial charge in [-0.1, -0.05) is 38.1 Å². The van der Waals surface area contributed by atoms with Crippen molar-refractivity contribution in [1.82, 2.24) is 10.2 Å². The summed E-state index contributed by atoms with van der Waals surface area (Å²) < 4.78 is 26.8. The van der Waals surface area contributed by atoms with Crippen molar-refractivity contribution in [2.75, 3.05) is 13.1 Å². The van der Waals surface area contributed by atoms with Crippen molar-refractivity contribution in [2.45, 2.75) is 38.9 Å². The van der Waals surface area contributed by atoms with Gasteiger partial charge in [-0.05, 0) is 48.2 Å². The minimum absolute atomic E-state index is 0.0143. The van der Waals surface area contributed by atoms with Crippen LogP contribution in [0.15, 0.2) is 48.5 Å². The maximum atomic E-state index is 13.4. The molecular formula is C21H26F2N2. The molecule has 1 aliphatic heterocycles. The Kier molecular flexibility index (Phi) is 5.50. The predicted molar refractivity (Wildman–Crippen MR) is 97.4 cm³/mol. The summed E-state index contributed by atoms with van der Waals surface area (Å²) in [5.41, 5.74) is 2.06. The lowest BCUT2D eigenvalue weighted by molar-refractivity contribution is 0.0936. The van der Waals surface area contributed by atoms with Crippen LogP contribution < -0.4 is 5.32 Å². The van der Waals surface area contributed by atoms with Gasteiger partial charge in [-0.2, -0.15) is 0 Å². The Hall–Kier alpha value is -1.78. The fourth-order valence-electron chi connectivity index (χ4n) is 3.58. The zero-order valence-electron chi connectivity index (χ0n) is 15.0. The lowest BCUT2D eigenvalue weighted by atomic mass is 9.92. The second-order valence-electron chi connectivity index (χ2n) is 7.31. The molecular weight excluding hydrogens is 318 g/mol. The molecule has 4 heteroatoms. The summed E-state index contributed by atoms with van der Waals surface area (Å²) in [6, 6.07) is 14.1. The number of hydrogen-bond donors (Lipinski definition) is 1. The summed E-state index contributed by atoms with van der Waals surface area (Å²) in [4.78, 5) is 2.45. The van der Waals surface area contributed by atoms with Crippen LogP contribution in [0.1, 0.15) is 37.9 Å². The van der Waals surface area contributed by atoms with E-state index in [0.717, 1.165) is 24.2 Å². The third-order valence-corrected chi connectivity index (χ3v) is 5.16. The molecule has 2 aromatic carbocycles. The van der Waals surface area contributed by atoms with E-state index in [1.54, 1.807) is 0 Å². The molecule has 0 saturated carbocycles. The molecule has 0 aromatic heterocycles. The average molecular weight is 344 g/mol. The third kappa shape index (κ3) is 4.07. The SMILES string of the molecule is CC(C)C1CN(C(c2ccc(F)cc2)c2ccc(F)cc2)[C@@H](C)CN1. The molecule has 0 aliphatic carbocycles. The summed E-state index contributed by atoms with van der Waals surface area (Å²) >= 11 is 0. The van der Waals surface area contributed by atoms with Gasteiger partial charge in [0, 0.05) is 25.2 Å². The number of hydrogen-bond acceptors (Lipinski definition) is 2. The lowest BCUT2D eigenvalue weighted by Crippen LogP contribution is -2.58. The first kappa shape index (κ1) is 18.0. The maximum Gasteiger partial charge on any atom is 0.123 e. The first-order chi connectivity index (χ1) is 12.0. The smallest absolute Gasteiger partial charge is 0.123 e. The molecule has 2 aromatic rings. The second kappa shape index (κ2) is 7.63. The van der Waals surface area contributed by atoms with Crippen LogP contribution in [-0.4, -0.2) is 30.1 Å². The van der Waals surface area contributed by atoms with E-state index in [9.17, 15) is 8.78 Å². The van der Waals surface area contributed by atoms with Gasteiger partial charge in [0.25, 0.3) is 0 Å². The molecule has 2 atom stereocenters. The topological polar surface area (TPSA) is 15.3 Å². The van der Waals surface area contributed by atoms with Crippen molar-refractivity contribution in [3.8, 4) is 0 Å². The molecule has 1 aliphatic rings. The van der Waals surface area contributed by atoms with E-state index in [4.69, 9.17) is 0 Å². The molecule has 134 valence electrons. The van der Waals surface area contributed by atoms with Crippen LogP contribution in [0.25, 0.3) is 0 Å². The molecule has 1 unspecified atom stereocenters. The quantitative estimate of drug-likeness (QED) is 0.886. The van der Waals surface area contributed by atoms with Crippen LogP contribution in [0.2, 0.25) is 0 Å². The van der Waals surface area contributed by atoms with Crippen molar-refractivity contribution in [1.29, 1.82) is 0 Å². The summed E-state index contributed by atoms with van der Waals surface area (Å²) in [5.74, 6) is 0.0436. The Morgan fingerprint density at radius 1 is 0.920 bits per heavy atom. The van der Waals surface area contributed by atoms with E-state index in [1.807, 2.05) is 24.3 Å². The number of piperazine rings is 1. The Morgan fingerprint density at radius 3 is 1.84 bits per heavy atom. The van der Waals surface area contributed by atoms with E-state index in [1.165, 1.54) is 24.3 Å². The van der Waals surface area contributed by atoms with Gasteiger partial charge in [-0.3, -0.25) is 4.90 Å². The van der Waals surface area contributed by atoms with Gasteiger partial charge >= 0.3 is 0 Å². The van der Waals surface area contributed by atoms with E-state index < -0.39 is 0 Å². The number of nitrogens with one attached hydrogen (secondary N) is 1. The van der Waals surface area contributed by atoms with Crippen LogP contribution in [0, 0.1) is 17.6 Å². The Labute approximate surface area is 148 Å². The summed E-state index contributed by atoms with van der Waals surface area (Å²) in [6.07, 6.45) is 0. The van der Waals surface area contributed by atoms with Crippen molar-refractivity contribution >= 4 is 0 Å². The van der Waals surface area contributed by atoms with E-state index in [2.05, 4.69) is 31.0 Å². The Balaban J connectivity index is 2.00. The monoisotopic (exact) mass is 344 g/mol. The van der Waals surface area contributed by atoms with Crippen LogP contribution in [-0.2, 0) is 0 Å². The zero-order valence-corrected chi connectivity index (χ0v) is 15.0. The molecule has 0 spiro atoms. The zero-order chi connectivity index (χ0) is 18.0. The van der Waals surface area contributed by atoms with Gasteiger partial charge in [-0.25, -0.2) is 8.78 Å². The molecule has 1 fully saturated rings. The summed E-state index contributed by atoms with van der Waals surface area (Å²) in [7, 11) is 0. The molecule has 1 N–H and O–H groups in total. The standard InChI is InChI=1S/C21H26F2N2/c1-14(2)20-13-25(15(3)12-24-20)21(16-4-8-18(22)9-5-16)17-6-10-19(23)11-7-17/h4-11,14-15,20-21,24H,12-13H2,1-3H3/t15-,20?/m0/s1. The number of nitrogens with zero attached hydrogens (tertiary/aromatic N) is 1. The van der Waals surface area contributed by atoms with Crippen molar-refractivity contribution < 1.29 is 8.78 Å². The molecule has 1 saturated heterocycles. The van der Waals surface area contributed by atoms with E-state index in [0.29, 0.717) is 18.0 Å². The molecule has 1 heterocycles. The van der Waals surface area contributed by atoms with Gasteiger partial charge in [0.15, 0.2) is 0 Å². The molecule has 3 rings (SSSR count). The van der Waals surface area contributed by atoms with Gasteiger partial charge in [0.1, 0.15) is 11.6 Å². The first-order valence-corrected chi connectivity index (χ1v) is 8.95. The normalized spacial score (nSPS) is 21.9. The fraction of sp³-hybridized carbons (Fsp3) is 0.429. The Bertz CT molecular complexity index is 637. The summed E-state index contributed by atoms with van der Waals surface area (Å²) in [6.45, 7) is 8.44. The minimum atomic E-state index is -0.241. The molecule has 0 radical (unpaired) electrons. The second-order valence-corrected chi connectivity index (χ2v) is 7.31. The number of benzene rings is 2. The molecule has 0 amide bonds. The largest absolute Gasteiger partial charge is 0.311 e. The average Bonchev–Trinajstić information content (AvgIpc) is 2.59. The van der Waals surface area contributed by atoms with E-state index >= 15 is 0 Å². The molecule has 2 nitrogen and oxygen atoms in total. The lowest BCUT2D eigenvalue weighted by Gasteiger charge is -2.45. The van der Waals surface area contributed by atoms with Crippen molar-refractivity contribution in [3.05, 3.63) is 71.3 Å². The highest BCUT2D eigenvalue weighted by molar-refractivity contribution is 5.33. The van der Waals surface area contributed by atoms with E-state index in [-0.39, 0.29) is 17.7 Å². The number of rotatable bonds is 4. The van der Waals surface area contributed by atoms with Gasteiger partial charge in [-0.15, -0.1) is 0 Å². The summed E-state index contributed by atoms with van der Waals surface area (Å²) in [5, 5.41) is 3.61. The van der Waals surface area contributed by atoms with Gasteiger partial charge in [0.2, 0.25) is 0 Å². The van der Waals surface area contributed by atoms with Gasteiger partial charge < -0.3 is 5.32 Å².